The summed E-state index contributed by atoms with van der Waals surface area (Å²) in [5, 5.41) is 3.76. The summed E-state index contributed by atoms with van der Waals surface area (Å²) in [6.45, 7) is 8.69. The first-order chi connectivity index (χ1) is 10.4. The molecular weight excluding hydrogens is 260 g/mol. The molecule has 1 aromatic rings. The van der Waals surface area contributed by atoms with Crippen LogP contribution >= 0.6 is 0 Å². The van der Waals surface area contributed by atoms with E-state index in [9.17, 15) is 0 Å². The summed E-state index contributed by atoms with van der Waals surface area (Å²) >= 11 is 0. The molecule has 0 radical (unpaired) electrons. The molecule has 0 amide bonds. The van der Waals surface area contributed by atoms with Gasteiger partial charge in [-0.3, -0.25) is 4.90 Å². The van der Waals surface area contributed by atoms with Crippen LogP contribution in [0.1, 0.15) is 30.9 Å². The van der Waals surface area contributed by atoms with E-state index in [1.54, 1.807) is 0 Å². The van der Waals surface area contributed by atoms with Gasteiger partial charge in [-0.15, -0.1) is 0 Å². The highest BCUT2D eigenvalue weighted by Gasteiger charge is 2.28. The Hall–Kier alpha value is -0.900. The second kappa shape index (κ2) is 7.39. The molecule has 3 heteroatoms. The van der Waals surface area contributed by atoms with E-state index in [-0.39, 0.29) is 0 Å². The summed E-state index contributed by atoms with van der Waals surface area (Å²) in [5.41, 5.74) is 3.05. The van der Waals surface area contributed by atoms with Gasteiger partial charge in [0.2, 0.25) is 0 Å². The predicted octanol–water partition coefficient (Wildman–Crippen LogP) is 2.45. The maximum atomic E-state index is 5.60. The van der Waals surface area contributed by atoms with Crippen molar-refractivity contribution in [3.8, 4) is 0 Å². The van der Waals surface area contributed by atoms with Gasteiger partial charge in [0.05, 0.1) is 6.61 Å². The maximum Gasteiger partial charge on any atom is 0.0510 e. The lowest BCUT2D eigenvalue weighted by atomic mass is 9.95. The smallest absolute Gasteiger partial charge is 0.0510 e. The fourth-order valence-corrected chi connectivity index (χ4v) is 3.57. The van der Waals surface area contributed by atoms with Gasteiger partial charge in [-0.1, -0.05) is 31.2 Å². The lowest BCUT2D eigenvalue weighted by molar-refractivity contribution is 0.156. The number of hydrogen-bond donors (Lipinski definition) is 1. The largest absolute Gasteiger partial charge is 0.381 e. The Labute approximate surface area is 128 Å². The maximum absolute atomic E-state index is 5.60. The monoisotopic (exact) mass is 288 g/mol. The number of nitrogens with zero attached hydrogens (tertiary/aromatic N) is 1. The number of nitrogens with one attached hydrogen (secondary N) is 1. The van der Waals surface area contributed by atoms with Crippen molar-refractivity contribution in [3.05, 3.63) is 35.4 Å². The second-order valence-electron chi connectivity index (χ2n) is 6.44. The van der Waals surface area contributed by atoms with E-state index in [2.05, 4.69) is 41.4 Å². The van der Waals surface area contributed by atoms with Gasteiger partial charge in [0.1, 0.15) is 0 Å². The third-order valence-electron chi connectivity index (χ3n) is 4.86. The van der Waals surface area contributed by atoms with Gasteiger partial charge in [0.25, 0.3) is 0 Å². The van der Waals surface area contributed by atoms with E-state index >= 15 is 0 Å². The third kappa shape index (κ3) is 3.85. The molecule has 0 spiro atoms. The zero-order valence-corrected chi connectivity index (χ0v) is 13.2. The molecule has 0 aliphatic carbocycles. The molecule has 1 fully saturated rings. The van der Waals surface area contributed by atoms with Crippen LogP contribution in [-0.4, -0.2) is 43.8 Å². The van der Waals surface area contributed by atoms with E-state index in [0.717, 1.165) is 32.8 Å². The van der Waals surface area contributed by atoms with Gasteiger partial charge in [0.15, 0.2) is 0 Å². The van der Waals surface area contributed by atoms with Crippen LogP contribution in [0.25, 0.3) is 0 Å². The minimum Gasteiger partial charge on any atom is -0.381 e. The van der Waals surface area contributed by atoms with E-state index in [0.29, 0.717) is 12.0 Å². The summed E-state index contributed by atoms with van der Waals surface area (Å²) in [5.74, 6) is 0.689. The average molecular weight is 288 g/mol. The number of rotatable bonds is 6. The van der Waals surface area contributed by atoms with Crippen LogP contribution in [0.4, 0.5) is 0 Å². The Morgan fingerprint density at radius 3 is 2.95 bits per heavy atom. The lowest BCUT2D eigenvalue weighted by Gasteiger charge is -2.34. The van der Waals surface area contributed by atoms with Crippen molar-refractivity contribution >= 4 is 0 Å². The second-order valence-corrected chi connectivity index (χ2v) is 6.44. The first-order valence-corrected chi connectivity index (χ1v) is 8.47. The molecule has 2 aliphatic heterocycles. The molecule has 0 saturated carbocycles. The molecule has 0 aromatic heterocycles. The molecule has 3 rings (SSSR count). The van der Waals surface area contributed by atoms with Crippen molar-refractivity contribution in [3.63, 3.8) is 0 Å². The standard InChI is InChI=1S/C18H28N2O/c1-2-9-19-18(17-8-11-21-14-17)13-20-10-7-15-5-3-4-6-16(15)12-20/h3-6,17-19H,2,7-14H2,1H3. The SMILES string of the molecule is CCCNC(CN1CCc2ccccc2C1)C1CCOC1. The molecule has 2 aliphatic rings. The third-order valence-corrected chi connectivity index (χ3v) is 4.86. The van der Waals surface area contributed by atoms with Crippen LogP contribution in [0.2, 0.25) is 0 Å². The molecule has 21 heavy (non-hydrogen) atoms. The Kier molecular flexibility index (Phi) is 5.28. The van der Waals surface area contributed by atoms with E-state index in [4.69, 9.17) is 4.74 Å². The van der Waals surface area contributed by atoms with Crippen molar-refractivity contribution < 1.29 is 4.74 Å². The highest BCUT2D eigenvalue weighted by atomic mass is 16.5. The van der Waals surface area contributed by atoms with Crippen molar-refractivity contribution in [2.75, 3.05) is 32.8 Å². The van der Waals surface area contributed by atoms with E-state index < -0.39 is 0 Å². The zero-order valence-electron chi connectivity index (χ0n) is 13.2. The molecule has 2 unspecified atom stereocenters. The van der Waals surface area contributed by atoms with Crippen LogP contribution in [0, 0.1) is 5.92 Å². The minimum absolute atomic E-state index is 0.581. The van der Waals surface area contributed by atoms with Gasteiger partial charge >= 0.3 is 0 Å². The number of fused-ring (bicyclic) bond motifs is 1. The highest BCUT2D eigenvalue weighted by Crippen LogP contribution is 2.22. The van der Waals surface area contributed by atoms with Crippen LogP contribution < -0.4 is 5.32 Å². The molecule has 116 valence electrons. The summed E-state index contributed by atoms with van der Waals surface area (Å²) in [4.78, 5) is 2.62. The van der Waals surface area contributed by atoms with Crippen LogP contribution in [0.15, 0.2) is 24.3 Å². The molecular formula is C18H28N2O. The topological polar surface area (TPSA) is 24.5 Å². The van der Waals surface area contributed by atoms with Gasteiger partial charge < -0.3 is 10.1 Å². The first kappa shape index (κ1) is 15.0. The molecule has 1 aromatic carbocycles. The molecule has 2 atom stereocenters. The quantitative estimate of drug-likeness (QED) is 0.870. The minimum atomic E-state index is 0.581. The van der Waals surface area contributed by atoms with Gasteiger partial charge in [-0.25, -0.2) is 0 Å². The number of ether oxygens (including phenoxy) is 1. The molecule has 0 bridgehead atoms. The first-order valence-electron chi connectivity index (χ1n) is 8.47. The van der Waals surface area contributed by atoms with Crippen LogP contribution in [-0.2, 0) is 17.7 Å². The fraction of sp³-hybridized carbons (Fsp3) is 0.667. The van der Waals surface area contributed by atoms with E-state index in [1.807, 2.05) is 0 Å². The van der Waals surface area contributed by atoms with Gasteiger partial charge in [0, 0.05) is 38.2 Å². The molecule has 2 heterocycles. The number of benzene rings is 1. The van der Waals surface area contributed by atoms with Crippen LogP contribution in [0.3, 0.4) is 0 Å². The highest BCUT2D eigenvalue weighted by molar-refractivity contribution is 5.29. The normalized spacial score (nSPS) is 24.0. The van der Waals surface area contributed by atoms with Crippen molar-refractivity contribution in [2.24, 2.45) is 5.92 Å². The molecule has 1 N–H and O–H groups in total. The zero-order chi connectivity index (χ0) is 14.5. The van der Waals surface area contributed by atoms with Crippen molar-refractivity contribution in [1.29, 1.82) is 0 Å². The Bertz CT molecular complexity index is 443. The van der Waals surface area contributed by atoms with Crippen molar-refractivity contribution in [1.82, 2.24) is 10.2 Å². The summed E-state index contributed by atoms with van der Waals surface area (Å²) in [6, 6.07) is 9.48. The van der Waals surface area contributed by atoms with Gasteiger partial charge in [-0.05, 0) is 36.9 Å². The Balaban J connectivity index is 1.60. The molecule has 1 saturated heterocycles. The Morgan fingerprint density at radius 1 is 1.33 bits per heavy atom. The van der Waals surface area contributed by atoms with Crippen LogP contribution in [0.5, 0.6) is 0 Å². The number of hydrogen-bond acceptors (Lipinski definition) is 3. The lowest BCUT2D eigenvalue weighted by Crippen LogP contribution is -2.47. The summed E-state index contributed by atoms with van der Waals surface area (Å²) < 4.78 is 5.60. The summed E-state index contributed by atoms with van der Waals surface area (Å²) in [7, 11) is 0. The summed E-state index contributed by atoms with van der Waals surface area (Å²) in [6.07, 6.45) is 3.61. The van der Waals surface area contributed by atoms with Crippen molar-refractivity contribution in [2.45, 2.75) is 38.8 Å². The average Bonchev–Trinajstić information content (AvgIpc) is 3.05. The van der Waals surface area contributed by atoms with Gasteiger partial charge in [-0.2, -0.15) is 0 Å². The fourth-order valence-electron chi connectivity index (χ4n) is 3.57. The van der Waals surface area contributed by atoms with E-state index in [1.165, 1.54) is 36.9 Å². The molecule has 3 nitrogen and oxygen atoms in total. The Morgan fingerprint density at radius 2 is 2.19 bits per heavy atom. The predicted molar refractivity (Wildman–Crippen MR) is 86.4 cm³/mol.